The monoisotopic (exact) mass is 338 g/mol. The topological polar surface area (TPSA) is 71.1 Å². The van der Waals surface area contributed by atoms with Crippen LogP contribution in [0.4, 0.5) is 0 Å². The molecule has 0 aliphatic rings. The molecule has 6 heteroatoms. The largest absolute Gasteiger partial charge is 0.493 e. The lowest BCUT2D eigenvalue weighted by Crippen LogP contribution is -2.24. The first-order valence-corrected chi connectivity index (χ1v) is 7.72. The highest BCUT2D eigenvalue weighted by molar-refractivity contribution is 5.72. The SMILES string of the molecule is COc1cc(C(C=O)CCC(=O)OC(C)(C)C)cc(OC)c1OC. The first kappa shape index (κ1) is 19.8. The third-order valence-electron chi connectivity index (χ3n) is 3.36. The van der Waals surface area contributed by atoms with E-state index >= 15 is 0 Å². The molecular formula is C18H26O6. The lowest BCUT2D eigenvalue weighted by Gasteiger charge is -2.20. The molecule has 0 saturated carbocycles. The van der Waals surface area contributed by atoms with E-state index in [1.54, 1.807) is 32.9 Å². The van der Waals surface area contributed by atoms with Crippen LogP contribution in [0.2, 0.25) is 0 Å². The molecule has 1 unspecified atom stereocenters. The van der Waals surface area contributed by atoms with Crippen LogP contribution in [-0.4, -0.2) is 39.2 Å². The predicted octanol–water partition coefficient (Wildman–Crippen LogP) is 3.12. The van der Waals surface area contributed by atoms with Crippen LogP contribution < -0.4 is 14.2 Å². The van der Waals surface area contributed by atoms with Gasteiger partial charge in [-0.25, -0.2) is 0 Å². The number of carbonyl (C=O) groups is 2. The Bertz CT molecular complexity index is 548. The Balaban J connectivity index is 2.96. The van der Waals surface area contributed by atoms with E-state index in [0.717, 1.165) is 6.29 Å². The van der Waals surface area contributed by atoms with Crippen molar-refractivity contribution in [1.29, 1.82) is 0 Å². The second-order valence-corrected chi connectivity index (χ2v) is 6.33. The van der Waals surface area contributed by atoms with Crippen molar-refractivity contribution in [3.63, 3.8) is 0 Å². The van der Waals surface area contributed by atoms with Crippen molar-refractivity contribution in [2.75, 3.05) is 21.3 Å². The fraction of sp³-hybridized carbons (Fsp3) is 0.556. The molecule has 0 saturated heterocycles. The number of esters is 1. The van der Waals surface area contributed by atoms with Crippen LogP contribution in [-0.2, 0) is 14.3 Å². The molecule has 0 heterocycles. The van der Waals surface area contributed by atoms with Crippen LogP contribution in [0, 0.1) is 0 Å². The van der Waals surface area contributed by atoms with Gasteiger partial charge >= 0.3 is 5.97 Å². The van der Waals surface area contributed by atoms with Crippen LogP contribution in [0.1, 0.15) is 45.1 Å². The molecule has 0 radical (unpaired) electrons. The summed E-state index contributed by atoms with van der Waals surface area (Å²) in [6, 6.07) is 3.44. The van der Waals surface area contributed by atoms with Gasteiger partial charge in [-0.05, 0) is 44.9 Å². The Labute approximate surface area is 143 Å². The summed E-state index contributed by atoms with van der Waals surface area (Å²) in [4.78, 5) is 23.3. The standard InChI is InChI=1S/C18H26O6/c1-18(2,3)24-16(20)8-7-12(11-19)13-9-14(21-4)17(23-6)15(10-13)22-5/h9-12H,7-8H2,1-6H3. The van der Waals surface area contributed by atoms with Crippen molar-refractivity contribution in [2.24, 2.45) is 0 Å². The number of carbonyl (C=O) groups excluding carboxylic acids is 2. The number of hydrogen-bond donors (Lipinski definition) is 0. The predicted molar refractivity (Wildman–Crippen MR) is 90.0 cm³/mol. The van der Waals surface area contributed by atoms with Gasteiger partial charge in [0.05, 0.1) is 21.3 Å². The molecule has 1 rings (SSSR count). The van der Waals surface area contributed by atoms with Crippen molar-refractivity contribution in [1.82, 2.24) is 0 Å². The minimum atomic E-state index is -0.541. The van der Waals surface area contributed by atoms with Crippen molar-refractivity contribution >= 4 is 12.3 Å². The maximum absolute atomic E-state index is 11.8. The van der Waals surface area contributed by atoms with E-state index in [9.17, 15) is 9.59 Å². The summed E-state index contributed by atoms with van der Waals surface area (Å²) in [5.41, 5.74) is 0.156. The molecule has 0 aliphatic carbocycles. The lowest BCUT2D eigenvalue weighted by atomic mass is 9.95. The molecule has 6 nitrogen and oxygen atoms in total. The fourth-order valence-electron chi connectivity index (χ4n) is 2.29. The highest BCUT2D eigenvalue weighted by Crippen LogP contribution is 2.40. The van der Waals surface area contributed by atoms with E-state index in [4.69, 9.17) is 18.9 Å². The normalized spacial score (nSPS) is 12.2. The third kappa shape index (κ3) is 5.44. The number of ether oxygens (including phenoxy) is 4. The number of rotatable bonds is 8. The van der Waals surface area contributed by atoms with Crippen molar-refractivity contribution < 1.29 is 28.5 Å². The highest BCUT2D eigenvalue weighted by atomic mass is 16.6. The first-order chi connectivity index (χ1) is 11.3. The van der Waals surface area contributed by atoms with E-state index in [1.165, 1.54) is 21.3 Å². The highest BCUT2D eigenvalue weighted by Gasteiger charge is 2.21. The van der Waals surface area contributed by atoms with E-state index in [2.05, 4.69) is 0 Å². The van der Waals surface area contributed by atoms with Gasteiger partial charge in [-0.2, -0.15) is 0 Å². The lowest BCUT2D eigenvalue weighted by molar-refractivity contribution is -0.154. The molecule has 1 aromatic carbocycles. The van der Waals surface area contributed by atoms with Gasteiger partial charge in [0.2, 0.25) is 5.75 Å². The zero-order valence-electron chi connectivity index (χ0n) is 15.2. The smallest absolute Gasteiger partial charge is 0.306 e. The van der Waals surface area contributed by atoms with Crippen molar-refractivity contribution in [2.45, 2.75) is 45.1 Å². The van der Waals surface area contributed by atoms with Crippen molar-refractivity contribution in [3.8, 4) is 17.2 Å². The van der Waals surface area contributed by atoms with Gasteiger partial charge in [0.15, 0.2) is 11.5 Å². The second-order valence-electron chi connectivity index (χ2n) is 6.33. The van der Waals surface area contributed by atoms with Gasteiger partial charge in [0, 0.05) is 12.3 Å². The van der Waals surface area contributed by atoms with Crippen LogP contribution in [0.25, 0.3) is 0 Å². The number of aldehydes is 1. The molecule has 1 aromatic rings. The molecule has 0 bridgehead atoms. The zero-order chi connectivity index (χ0) is 18.3. The zero-order valence-corrected chi connectivity index (χ0v) is 15.2. The van der Waals surface area contributed by atoms with Crippen LogP contribution in [0.3, 0.4) is 0 Å². The van der Waals surface area contributed by atoms with Gasteiger partial charge < -0.3 is 23.7 Å². The molecule has 24 heavy (non-hydrogen) atoms. The summed E-state index contributed by atoms with van der Waals surface area (Å²) in [7, 11) is 4.54. The van der Waals surface area contributed by atoms with Crippen molar-refractivity contribution in [3.05, 3.63) is 17.7 Å². The van der Waals surface area contributed by atoms with E-state index in [0.29, 0.717) is 29.2 Å². The number of benzene rings is 1. The Morgan fingerprint density at radius 2 is 1.62 bits per heavy atom. The molecule has 1 atom stereocenters. The van der Waals surface area contributed by atoms with Crippen LogP contribution in [0.15, 0.2) is 12.1 Å². The second kappa shape index (κ2) is 8.57. The minimum Gasteiger partial charge on any atom is -0.493 e. The van der Waals surface area contributed by atoms with Gasteiger partial charge in [0.25, 0.3) is 0 Å². The summed E-state index contributed by atoms with van der Waals surface area (Å²) in [6.45, 7) is 5.42. The fourth-order valence-corrected chi connectivity index (χ4v) is 2.29. The Hall–Kier alpha value is -2.24. The number of methoxy groups -OCH3 is 3. The maximum atomic E-state index is 11.8. The minimum absolute atomic E-state index is 0.150. The molecular weight excluding hydrogens is 312 g/mol. The Morgan fingerprint density at radius 1 is 1.08 bits per heavy atom. The number of hydrogen-bond acceptors (Lipinski definition) is 6. The van der Waals surface area contributed by atoms with Crippen LogP contribution in [0.5, 0.6) is 17.2 Å². The quantitative estimate of drug-likeness (QED) is 0.536. The average Bonchev–Trinajstić information content (AvgIpc) is 2.52. The van der Waals surface area contributed by atoms with E-state index in [-0.39, 0.29) is 12.4 Å². The third-order valence-corrected chi connectivity index (χ3v) is 3.36. The van der Waals surface area contributed by atoms with Gasteiger partial charge in [-0.1, -0.05) is 0 Å². The summed E-state index contributed by atoms with van der Waals surface area (Å²) < 4.78 is 21.1. The molecule has 0 amide bonds. The molecule has 0 aromatic heterocycles. The maximum Gasteiger partial charge on any atom is 0.306 e. The Kier molecular flexibility index (Phi) is 7.07. The summed E-state index contributed by atoms with van der Waals surface area (Å²) in [5.74, 6) is 0.598. The van der Waals surface area contributed by atoms with E-state index < -0.39 is 11.5 Å². The molecule has 0 fully saturated rings. The molecule has 0 N–H and O–H groups in total. The van der Waals surface area contributed by atoms with Crippen LogP contribution >= 0.6 is 0 Å². The molecule has 0 aliphatic heterocycles. The summed E-state index contributed by atoms with van der Waals surface area (Å²) in [5, 5.41) is 0. The van der Waals surface area contributed by atoms with E-state index in [1.807, 2.05) is 0 Å². The average molecular weight is 338 g/mol. The summed E-state index contributed by atoms with van der Waals surface area (Å²) in [6.07, 6.45) is 1.31. The summed E-state index contributed by atoms with van der Waals surface area (Å²) >= 11 is 0. The van der Waals surface area contributed by atoms with Gasteiger partial charge in [-0.15, -0.1) is 0 Å². The Morgan fingerprint density at radius 3 is 2.00 bits per heavy atom. The molecule has 134 valence electrons. The first-order valence-electron chi connectivity index (χ1n) is 7.72. The van der Waals surface area contributed by atoms with Gasteiger partial charge in [0.1, 0.15) is 11.9 Å². The molecule has 0 spiro atoms. The van der Waals surface area contributed by atoms with Gasteiger partial charge in [-0.3, -0.25) is 4.79 Å².